The number of ether oxygens (including phenoxy) is 3. The van der Waals surface area contributed by atoms with Crippen LogP contribution in [0.2, 0.25) is 0 Å². The van der Waals surface area contributed by atoms with E-state index >= 15 is 0 Å². The second kappa shape index (κ2) is 14.3. The molecule has 0 amide bonds. The van der Waals surface area contributed by atoms with E-state index < -0.39 is 45.7 Å². The molecule has 4 fully saturated rings. The summed E-state index contributed by atoms with van der Waals surface area (Å²) in [5.74, 6) is 9.63. The van der Waals surface area contributed by atoms with Gasteiger partial charge in [0.1, 0.15) is 18.3 Å². The lowest BCUT2D eigenvalue weighted by molar-refractivity contribution is -0.363. The lowest BCUT2D eigenvalue weighted by Gasteiger charge is -2.73. The number of benzene rings is 1. The zero-order valence-corrected chi connectivity index (χ0v) is 32.3. The summed E-state index contributed by atoms with van der Waals surface area (Å²) >= 11 is 0. The summed E-state index contributed by atoms with van der Waals surface area (Å²) in [5.41, 5.74) is 0.622. The number of hydrogen-bond acceptors (Lipinski definition) is 9. The maximum atomic E-state index is 14.0. The minimum absolute atomic E-state index is 0.141. The quantitative estimate of drug-likeness (QED) is 0.186. The summed E-state index contributed by atoms with van der Waals surface area (Å²) in [6.07, 6.45) is 12.8. The maximum Gasteiger partial charge on any atom is 0.331 e. The second-order valence-corrected chi connectivity index (χ2v) is 18.1. The Bertz CT molecular complexity index is 1780. The van der Waals surface area contributed by atoms with Gasteiger partial charge in [-0.1, -0.05) is 62.9 Å². The number of nitrogens with zero attached hydrogens (tertiary/aromatic N) is 1. The Hall–Kier alpha value is -3.34. The van der Waals surface area contributed by atoms with E-state index in [-0.39, 0.29) is 36.9 Å². The summed E-state index contributed by atoms with van der Waals surface area (Å²) in [4.78, 5) is 26.3. The second-order valence-electron chi connectivity index (χ2n) is 18.1. The van der Waals surface area contributed by atoms with Crippen molar-refractivity contribution in [2.24, 2.45) is 34.0 Å². The molecule has 9 nitrogen and oxygen atoms in total. The molecule has 1 unspecified atom stereocenters. The van der Waals surface area contributed by atoms with Gasteiger partial charge in [0.15, 0.2) is 5.72 Å². The molecule has 54 heavy (non-hydrogen) atoms. The summed E-state index contributed by atoms with van der Waals surface area (Å²) in [7, 11) is 0. The predicted octanol–water partition coefficient (Wildman–Crippen LogP) is 5.98. The average molecular weight is 739 g/mol. The highest BCUT2D eigenvalue weighted by atomic mass is 16.6. The number of aryl methyl sites for hydroxylation is 1. The SMILES string of the molecule is C[C@H](CCCc1ccccc1)CC[C@H](O)[C@@]12[C@H](O)CC[C@@]3(C)[C@H]4CCC[C@H]4N4CC#CO[C@@]1(CCC1=CC(=O)OC1)[C@@]1(C)C#CCCC(=O)O[C@@](C1)(N4)[C@@H]32. The van der Waals surface area contributed by atoms with Gasteiger partial charge in [0, 0.05) is 30.9 Å². The van der Waals surface area contributed by atoms with Gasteiger partial charge in [-0.25, -0.2) is 15.2 Å². The standard InChI is InChI=1S/C45H58N2O7/c1-31(12-9-15-32-13-5-4-6-14-32)19-20-36(48)45-37(49)22-24-42(3)34-16-10-17-35(34)47-26-11-27-53-44(45,25-21-33-28-39(51)52-29-33)41(2)23-8-7-18-38(50)54-43(30-41,46-47)40(42)45/h4-6,13-14,28,31,34-37,40,46,48-49H,7,9-10,12,15-22,24-26,29-30H2,1-3H3/t31-,34+,35-,36+,37-,40-,41+,42+,43-,44+,45+/m1/s1. The Labute approximate surface area is 320 Å². The first-order valence-corrected chi connectivity index (χ1v) is 20.6. The van der Waals surface area contributed by atoms with Crippen molar-refractivity contribution in [1.29, 1.82) is 0 Å². The van der Waals surface area contributed by atoms with Crippen LogP contribution in [-0.2, 0) is 30.2 Å². The van der Waals surface area contributed by atoms with E-state index in [0.717, 1.165) is 56.9 Å². The highest BCUT2D eigenvalue weighted by molar-refractivity contribution is 5.85. The minimum Gasteiger partial charge on any atom is -0.458 e. The molecule has 5 heterocycles. The Kier molecular flexibility index (Phi) is 9.96. The summed E-state index contributed by atoms with van der Waals surface area (Å²) < 4.78 is 19.4. The molecule has 1 saturated heterocycles. The van der Waals surface area contributed by atoms with E-state index in [9.17, 15) is 19.8 Å². The molecule has 1 aromatic carbocycles. The first kappa shape index (κ1) is 37.6. The van der Waals surface area contributed by atoms with Gasteiger partial charge < -0.3 is 24.4 Å². The molecule has 0 radical (unpaired) electrons. The largest absolute Gasteiger partial charge is 0.458 e. The van der Waals surface area contributed by atoms with E-state index in [1.54, 1.807) is 6.08 Å². The maximum absolute atomic E-state index is 14.0. The molecule has 5 bridgehead atoms. The van der Waals surface area contributed by atoms with Crippen LogP contribution in [0.15, 0.2) is 42.0 Å². The molecule has 8 aliphatic rings. The van der Waals surface area contributed by atoms with Gasteiger partial charge in [0.05, 0.1) is 36.0 Å². The fourth-order valence-corrected chi connectivity index (χ4v) is 12.9. The first-order chi connectivity index (χ1) is 26.0. The van der Waals surface area contributed by atoms with Crippen molar-refractivity contribution < 1.29 is 34.0 Å². The molecular formula is C45H58N2O7. The lowest BCUT2D eigenvalue weighted by atomic mass is 9.34. The number of rotatable bonds is 11. The van der Waals surface area contributed by atoms with Gasteiger partial charge in [0.25, 0.3) is 0 Å². The highest BCUT2D eigenvalue weighted by Crippen LogP contribution is 2.75. The van der Waals surface area contributed by atoms with Gasteiger partial charge in [-0.3, -0.25) is 4.79 Å². The van der Waals surface area contributed by atoms with Crippen molar-refractivity contribution in [2.75, 3.05) is 13.2 Å². The smallest absolute Gasteiger partial charge is 0.331 e. The van der Waals surface area contributed by atoms with E-state index in [1.807, 2.05) is 6.07 Å². The molecule has 1 spiro atoms. The van der Waals surface area contributed by atoms with Gasteiger partial charge in [-0.05, 0) is 105 Å². The Morgan fingerprint density at radius 3 is 2.69 bits per heavy atom. The molecule has 3 aliphatic carbocycles. The molecule has 3 saturated carbocycles. The molecule has 12 atom stereocenters. The number of carbonyl (C=O) groups excluding carboxylic acids is 2. The van der Waals surface area contributed by atoms with Gasteiger partial charge in [-0.15, -0.1) is 5.92 Å². The van der Waals surface area contributed by atoms with E-state index in [1.165, 1.54) is 5.56 Å². The van der Waals surface area contributed by atoms with Crippen molar-refractivity contribution in [1.82, 2.24) is 10.4 Å². The third-order valence-corrected chi connectivity index (χ3v) is 15.0. The van der Waals surface area contributed by atoms with Crippen LogP contribution in [0.25, 0.3) is 0 Å². The lowest BCUT2D eigenvalue weighted by Crippen LogP contribution is -2.84. The Balaban J connectivity index is 1.29. The monoisotopic (exact) mass is 738 g/mol. The van der Waals surface area contributed by atoms with Crippen molar-refractivity contribution in [3.63, 3.8) is 0 Å². The number of nitrogens with one attached hydrogen (secondary N) is 1. The third-order valence-electron chi connectivity index (χ3n) is 15.0. The molecule has 1 aromatic rings. The molecule has 290 valence electrons. The van der Waals surface area contributed by atoms with Gasteiger partial charge in [-0.2, -0.15) is 0 Å². The van der Waals surface area contributed by atoms with Crippen LogP contribution >= 0.6 is 0 Å². The van der Waals surface area contributed by atoms with Crippen molar-refractivity contribution in [2.45, 2.75) is 147 Å². The van der Waals surface area contributed by atoms with Crippen LogP contribution in [0.5, 0.6) is 0 Å². The number of carbonyl (C=O) groups is 2. The predicted molar refractivity (Wildman–Crippen MR) is 202 cm³/mol. The van der Waals surface area contributed by atoms with Crippen LogP contribution in [0.3, 0.4) is 0 Å². The number of fused-ring (bicyclic) bond motifs is 4. The summed E-state index contributed by atoms with van der Waals surface area (Å²) in [6, 6.07) is 10.7. The van der Waals surface area contributed by atoms with E-state index in [2.05, 4.69) is 79.3 Å². The van der Waals surface area contributed by atoms with Crippen LogP contribution in [0.1, 0.15) is 116 Å². The van der Waals surface area contributed by atoms with Gasteiger partial charge >= 0.3 is 11.9 Å². The molecule has 3 N–H and O–H groups in total. The summed E-state index contributed by atoms with van der Waals surface area (Å²) in [5, 5.41) is 28.7. The molecule has 0 aromatic heterocycles. The Morgan fingerprint density at radius 2 is 1.89 bits per heavy atom. The van der Waals surface area contributed by atoms with Gasteiger partial charge in [0.2, 0.25) is 0 Å². The third kappa shape index (κ3) is 5.92. The first-order valence-electron chi connectivity index (χ1n) is 20.6. The van der Waals surface area contributed by atoms with Crippen molar-refractivity contribution >= 4 is 11.9 Å². The topological polar surface area (TPSA) is 118 Å². The number of aliphatic hydroxyl groups is 2. The zero-order valence-electron chi connectivity index (χ0n) is 32.3. The number of hydrazine groups is 1. The minimum atomic E-state index is -1.36. The van der Waals surface area contributed by atoms with Crippen LogP contribution < -0.4 is 5.43 Å². The number of esters is 2. The number of hydrogen-bond donors (Lipinski definition) is 3. The fourth-order valence-electron chi connectivity index (χ4n) is 12.9. The summed E-state index contributed by atoms with van der Waals surface area (Å²) in [6.45, 7) is 7.26. The van der Waals surface area contributed by atoms with Crippen molar-refractivity contribution in [3.8, 4) is 23.9 Å². The number of cyclic esters (lactones) is 1. The van der Waals surface area contributed by atoms with E-state index in [0.29, 0.717) is 51.0 Å². The molecule has 5 aliphatic heterocycles. The fraction of sp³-hybridized carbons (Fsp3) is 0.689. The van der Waals surface area contributed by atoms with Crippen LogP contribution in [0.4, 0.5) is 0 Å². The molecule has 9 rings (SSSR count). The molecular weight excluding hydrogens is 681 g/mol. The molecule has 9 heteroatoms. The van der Waals surface area contributed by atoms with Crippen molar-refractivity contribution in [3.05, 3.63) is 47.5 Å². The van der Waals surface area contributed by atoms with E-state index in [4.69, 9.17) is 14.2 Å². The number of aliphatic hydroxyl groups excluding tert-OH is 2. The average Bonchev–Trinajstić information content (AvgIpc) is 3.81. The Morgan fingerprint density at radius 1 is 1.06 bits per heavy atom. The van der Waals surface area contributed by atoms with Crippen LogP contribution in [-0.4, -0.2) is 69.9 Å². The highest BCUT2D eigenvalue weighted by Gasteiger charge is 2.84. The zero-order chi connectivity index (χ0) is 37.8. The normalized spacial score (nSPS) is 41.4. The van der Waals surface area contributed by atoms with Crippen LogP contribution in [0, 0.1) is 57.9 Å².